The number of carbonyl (C=O) groups is 1. The van der Waals surface area contributed by atoms with E-state index in [1.54, 1.807) is 6.07 Å². The van der Waals surface area contributed by atoms with Crippen molar-refractivity contribution >= 4 is 33.0 Å². The maximum Gasteiger partial charge on any atom is 0.286 e. The fourth-order valence-electron chi connectivity index (χ4n) is 2.69. The predicted molar refractivity (Wildman–Crippen MR) is 92.7 cm³/mol. The van der Waals surface area contributed by atoms with Crippen molar-refractivity contribution in [3.63, 3.8) is 0 Å². The number of aromatic nitrogens is 2. The van der Waals surface area contributed by atoms with Crippen molar-refractivity contribution in [3.05, 3.63) is 40.1 Å². The Morgan fingerprint density at radius 1 is 1.40 bits per heavy atom. The molecular formula is C15H17FN4O3S2. The third kappa shape index (κ3) is 4.39. The van der Waals surface area contributed by atoms with E-state index in [0.29, 0.717) is 23.8 Å². The molecular weight excluding hydrogens is 367 g/mol. The van der Waals surface area contributed by atoms with Crippen LogP contribution in [0.5, 0.6) is 0 Å². The average molecular weight is 384 g/mol. The number of carbonyl (C=O) groups excluding carboxylic acids is 1. The smallest absolute Gasteiger partial charge is 0.286 e. The van der Waals surface area contributed by atoms with E-state index in [-0.39, 0.29) is 10.9 Å². The lowest BCUT2D eigenvalue weighted by atomic mass is 10.0. The Kier molecular flexibility index (Phi) is 5.11. The molecule has 0 aliphatic carbocycles. The van der Waals surface area contributed by atoms with Crippen molar-refractivity contribution in [2.24, 2.45) is 0 Å². The summed E-state index contributed by atoms with van der Waals surface area (Å²) >= 11 is 1.13. The molecule has 1 aliphatic heterocycles. The summed E-state index contributed by atoms with van der Waals surface area (Å²) in [4.78, 5) is 12.2. The van der Waals surface area contributed by atoms with Crippen LogP contribution in [0, 0.1) is 5.82 Å². The van der Waals surface area contributed by atoms with Gasteiger partial charge in [0.15, 0.2) is 0 Å². The normalized spacial score (nSPS) is 18.9. The molecule has 2 aromatic rings. The molecule has 7 nitrogen and oxygen atoms in total. The van der Waals surface area contributed by atoms with Gasteiger partial charge < -0.3 is 5.32 Å². The highest BCUT2D eigenvalue weighted by Crippen LogP contribution is 2.30. The molecule has 3 rings (SSSR count). The van der Waals surface area contributed by atoms with E-state index in [0.717, 1.165) is 24.2 Å². The summed E-state index contributed by atoms with van der Waals surface area (Å²) in [5.41, 5.74) is 0.336. The van der Waals surface area contributed by atoms with Crippen LogP contribution in [-0.4, -0.2) is 48.2 Å². The number of hydrogen-bond acceptors (Lipinski definition) is 6. The number of benzene rings is 1. The van der Waals surface area contributed by atoms with Crippen LogP contribution in [0.4, 0.5) is 10.1 Å². The first-order valence-electron chi connectivity index (χ1n) is 7.68. The molecule has 0 unspecified atom stereocenters. The molecule has 1 atom stereocenters. The van der Waals surface area contributed by atoms with Gasteiger partial charge in [0.1, 0.15) is 10.8 Å². The summed E-state index contributed by atoms with van der Waals surface area (Å²) < 4.78 is 38.0. The number of nitrogens with one attached hydrogen (secondary N) is 1. The number of nitrogens with zero attached hydrogens (tertiary/aromatic N) is 3. The van der Waals surface area contributed by atoms with Crippen LogP contribution in [0.2, 0.25) is 0 Å². The van der Waals surface area contributed by atoms with E-state index in [9.17, 15) is 17.6 Å². The van der Waals surface area contributed by atoms with Gasteiger partial charge >= 0.3 is 0 Å². The Bertz CT molecular complexity index is 884. The van der Waals surface area contributed by atoms with Gasteiger partial charge in [0.05, 0.1) is 6.26 Å². The van der Waals surface area contributed by atoms with Crippen molar-refractivity contribution in [2.75, 3.05) is 24.7 Å². The van der Waals surface area contributed by atoms with Crippen LogP contribution in [0.25, 0.3) is 0 Å². The second-order valence-electron chi connectivity index (χ2n) is 5.87. The molecule has 1 amide bonds. The number of hydrogen-bond donors (Lipinski definition) is 1. The standard InChI is InChI=1S/C15H17FN4O3S2/c1-25(22,23)20-7-3-4-10(9-20)14-18-19-15(24-14)13(21)17-12-6-2-5-11(16)8-12/h2,5-6,8,10H,3-4,7,9H2,1H3,(H,17,21)/t10-/m0/s1. The number of rotatable bonds is 4. The molecule has 25 heavy (non-hydrogen) atoms. The van der Waals surface area contributed by atoms with Gasteiger partial charge in [-0.25, -0.2) is 17.1 Å². The van der Waals surface area contributed by atoms with Crippen LogP contribution in [-0.2, 0) is 10.0 Å². The van der Waals surface area contributed by atoms with Crippen LogP contribution >= 0.6 is 11.3 Å². The first kappa shape index (κ1) is 17.9. The first-order chi connectivity index (χ1) is 11.8. The molecule has 1 aliphatic rings. The van der Waals surface area contributed by atoms with E-state index < -0.39 is 21.7 Å². The zero-order chi connectivity index (χ0) is 18.0. The van der Waals surface area contributed by atoms with Crippen LogP contribution < -0.4 is 5.32 Å². The minimum atomic E-state index is -3.25. The molecule has 1 fully saturated rings. The van der Waals surface area contributed by atoms with Gasteiger partial charge in [0, 0.05) is 24.7 Å². The third-order valence-corrected chi connectivity index (χ3v) is 6.27. The highest BCUT2D eigenvalue weighted by molar-refractivity contribution is 7.88. The van der Waals surface area contributed by atoms with E-state index in [1.807, 2.05) is 0 Å². The van der Waals surface area contributed by atoms with Crippen LogP contribution in [0.1, 0.15) is 33.6 Å². The van der Waals surface area contributed by atoms with Gasteiger partial charge in [0.2, 0.25) is 15.0 Å². The Labute approximate surface area is 148 Å². The molecule has 2 heterocycles. The average Bonchev–Trinajstić information content (AvgIpc) is 3.04. The molecule has 1 N–H and O–H groups in total. The van der Waals surface area contributed by atoms with Crippen molar-refractivity contribution in [1.29, 1.82) is 0 Å². The van der Waals surface area contributed by atoms with Gasteiger partial charge in [-0.1, -0.05) is 17.4 Å². The Morgan fingerprint density at radius 3 is 2.92 bits per heavy atom. The van der Waals surface area contributed by atoms with Crippen molar-refractivity contribution < 1.29 is 17.6 Å². The summed E-state index contributed by atoms with van der Waals surface area (Å²) in [5.74, 6) is -0.986. The Hall–Kier alpha value is -1.91. The molecule has 0 saturated carbocycles. The number of anilines is 1. The second-order valence-corrected chi connectivity index (χ2v) is 8.86. The zero-order valence-electron chi connectivity index (χ0n) is 13.5. The maximum absolute atomic E-state index is 13.2. The molecule has 134 valence electrons. The lowest BCUT2D eigenvalue weighted by Crippen LogP contribution is -2.38. The second kappa shape index (κ2) is 7.14. The molecule has 10 heteroatoms. The fourth-order valence-corrected chi connectivity index (χ4v) is 4.46. The molecule has 0 radical (unpaired) electrons. The van der Waals surface area contributed by atoms with E-state index >= 15 is 0 Å². The highest BCUT2D eigenvalue weighted by Gasteiger charge is 2.29. The summed E-state index contributed by atoms with van der Waals surface area (Å²) in [6, 6.07) is 5.58. The fraction of sp³-hybridized carbons (Fsp3) is 0.400. The number of amides is 1. The summed E-state index contributed by atoms with van der Waals surface area (Å²) in [5, 5.41) is 11.3. The lowest BCUT2D eigenvalue weighted by Gasteiger charge is -2.29. The van der Waals surface area contributed by atoms with E-state index in [2.05, 4.69) is 15.5 Å². The van der Waals surface area contributed by atoms with Crippen LogP contribution in [0.15, 0.2) is 24.3 Å². The third-order valence-electron chi connectivity index (χ3n) is 3.92. The van der Waals surface area contributed by atoms with Crippen LogP contribution in [0.3, 0.4) is 0 Å². The topological polar surface area (TPSA) is 92.3 Å². The van der Waals surface area contributed by atoms with E-state index in [4.69, 9.17) is 0 Å². The van der Waals surface area contributed by atoms with Gasteiger partial charge in [-0.05, 0) is 31.0 Å². The van der Waals surface area contributed by atoms with Gasteiger partial charge in [-0.2, -0.15) is 0 Å². The minimum Gasteiger partial charge on any atom is -0.320 e. The van der Waals surface area contributed by atoms with Gasteiger partial charge in [-0.3, -0.25) is 4.79 Å². The highest BCUT2D eigenvalue weighted by atomic mass is 32.2. The zero-order valence-corrected chi connectivity index (χ0v) is 15.1. The number of piperidine rings is 1. The van der Waals surface area contributed by atoms with E-state index in [1.165, 1.54) is 28.8 Å². The monoisotopic (exact) mass is 384 g/mol. The molecule has 0 spiro atoms. The van der Waals surface area contributed by atoms with Gasteiger partial charge in [0.25, 0.3) is 5.91 Å². The molecule has 1 aromatic heterocycles. The lowest BCUT2D eigenvalue weighted by molar-refractivity contribution is 0.102. The Morgan fingerprint density at radius 2 is 2.20 bits per heavy atom. The number of halogens is 1. The van der Waals surface area contributed by atoms with Gasteiger partial charge in [-0.15, -0.1) is 10.2 Å². The summed E-state index contributed by atoms with van der Waals surface area (Å²) in [7, 11) is -3.25. The Balaban J connectivity index is 1.70. The molecule has 0 bridgehead atoms. The maximum atomic E-state index is 13.2. The molecule has 1 saturated heterocycles. The number of sulfonamides is 1. The summed E-state index contributed by atoms with van der Waals surface area (Å²) in [6.45, 7) is 0.847. The summed E-state index contributed by atoms with van der Waals surface area (Å²) in [6.07, 6.45) is 2.72. The van der Waals surface area contributed by atoms with Crippen molar-refractivity contribution in [3.8, 4) is 0 Å². The van der Waals surface area contributed by atoms with Crippen molar-refractivity contribution in [2.45, 2.75) is 18.8 Å². The SMILES string of the molecule is CS(=O)(=O)N1CCC[C@H](c2nnc(C(=O)Nc3cccc(F)c3)s2)C1. The predicted octanol–water partition coefficient (Wildman–Crippen LogP) is 2.07. The minimum absolute atomic E-state index is 0.0725. The quantitative estimate of drug-likeness (QED) is 0.871. The van der Waals surface area contributed by atoms with Crippen molar-refractivity contribution in [1.82, 2.24) is 14.5 Å². The molecule has 1 aromatic carbocycles. The largest absolute Gasteiger partial charge is 0.320 e. The first-order valence-corrected chi connectivity index (χ1v) is 10.3.